The predicted octanol–water partition coefficient (Wildman–Crippen LogP) is 12.0. The molecule has 9 nitrogen and oxygen atoms in total. The molecule has 0 bridgehead atoms. The lowest BCUT2D eigenvalue weighted by atomic mass is 10.1. The number of aliphatic hydroxyl groups excluding tert-OH is 2. The van der Waals surface area contributed by atoms with E-state index in [9.17, 15) is 19.4 Å². The van der Waals surface area contributed by atoms with Crippen LogP contribution in [0.5, 0.6) is 0 Å². The fourth-order valence-electron chi connectivity index (χ4n) is 4.94. The molecule has 0 fully saturated rings. The van der Waals surface area contributed by atoms with Crippen LogP contribution in [0.4, 0.5) is 0 Å². The molecule has 328 valence electrons. The molecule has 0 aliphatic carbocycles. The maximum Gasteiger partial charge on any atom is 0.472 e. The van der Waals surface area contributed by atoms with E-state index < -0.39 is 45.8 Å². The van der Waals surface area contributed by atoms with E-state index in [1.165, 1.54) is 0 Å². The third-order valence-corrected chi connectivity index (χ3v) is 9.09. The Balaban J connectivity index is 4.35. The van der Waals surface area contributed by atoms with Gasteiger partial charge in [0.2, 0.25) is 0 Å². The maximum atomic E-state index is 12.6. The van der Waals surface area contributed by atoms with E-state index >= 15 is 0 Å². The number of esters is 1. The number of phosphoric ester groups is 1. The largest absolute Gasteiger partial charge is 0.472 e. The van der Waals surface area contributed by atoms with Gasteiger partial charge < -0.3 is 24.6 Å². The van der Waals surface area contributed by atoms with Crippen LogP contribution in [-0.4, -0.2) is 66.3 Å². The number of phosphoric acid groups is 1. The van der Waals surface area contributed by atoms with Crippen LogP contribution in [0, 0.1) is 0 Å². The van der Waals surface area contributed by atoms with Crippen LogP contribution in [0.1, 0.15) is 129 Å². The van der Waals surface area contributed by atoms with E-state index in [0.29, 0.717) is 19.4 Å². The molecule has 0 aromatic heterocycles. The molecule has 0 aliphatic heterocycles. The Bertz CT molecular complexity index is 1310. The SMILES string of the molecule is CC/C=C\C/C=C\C/C=C\C/C=C\C/C=C\C/C=C\C/C=C\CCCC(=O)OC(COCCCCCC/C=C\C/C=C\C/C=C\CC)COP(=O)(O)OCC(O)CO. The fraction of sp³-hybridized carbons (Fsp3) is 0.562. The van der Waals surface area contributed by atoms with Gasteiger partial charge in [0.25, 0.3) is 0 Å². The smallest absolute Gasteiger partial charge is 0.457 e. The van der Waals surface area contributed by atoms with Gasteiger partial charge in [-0.1, -0.05) is 148 Å². The zero-order valence-corrected chi connectivity index (χ0v) is 36.6. The highest BCUT2D eigenvalue weighted by Gasteiger charge is 2.26. The number of aliphatic hydroxyl groups is 2. The van der Waals surface area contributed by atoms with Crippen LogP contribution >= 0.6 is 7.82 Å². The summed E-state index contributed by atoms with van der Waals surface area (Å²) in [7, 11) is -4.55. The predicted molar refractivity (Wildman–Crippen MR) is 241 cm³/mol. The van der Waals surface area contributed by atoms with Crippen LogP contribution in [0.25, 0.3) is 0 Å². The van der Waals surface area contributed by atoms with Gasteiger partial charge in [0, 0.05) is 13.0 Å². The summed E-state index contributed by atoms with van der Waals surface area (Å²) in [6.45, 7) is 3.11. The summed E-state index contributed by atoms with van der Waals surface area (Å²) in [5.41, 5.74) is 0. The minimum atomic E-state index is -4.55. The van der Waals surface area contributed by atoms with Crippen molar-refractivity contribution in [3.63, 3.8) is 0 Å². The van der Waals surface area contributed by atoms with Crippen molar-refractivity contribution in [2.24, 2.45) is 0 Å². The second kappa shape index (κ2) is 43.4. The first-order valence-corrected chi connectivity index (χ1v) is 23.0. The Labute approximate surface area is 352 Å². The number of hydrogen-bond acceptors (Lipinski definition) is 8. The normalized spacial score (nSPS) is 15.2. The highest BCUT2D eigenvalue weighted by atomic mass is 31.2. The van der Waals surface area contributed by atoms with Gasteiger partial charge in [0.15, 0.2) is 0 Å². The van der Waals surface area contributed by atoms with Crippen molar-refractivity contribution in [2.45, 2.75) is 142 Å². The van der Waals surface area contributed by atoms with Gasteiger partial charge in [0.1, 0.15) is 12.2 Å². The number of ether oxygens (including phenoxy) is 2. The van der Waals surface area contributed by atoms with Crippen molar-refractivity contribution >= 4 is 13.8 Å². The highest BCUT2D eigenvalue weighted by Crippen LogP contribution is 2.43. The minimum Gasteiger partial charge on any atom is -0.457 e. The number of carbonyl (C=O) groups is 1. The number of hydrogen-bond donors (Lipinski definition) is 3. The molecule has 0 aliphatic rings. The van der Waals surface area contributed by atoms with Crippen LogP contribution in [0.15, 0.2) is 122 Å². The molecule has 0 radical (unpaired) electrons. The van der Waals surface area contributed by atoms with Gasteiger partial charge in [-0.25, -0.2) is 4.57 Å². The molecule has 0 saturated carbocycles. The summed E-state index contributed by atoms with van der Waals surface area (Å²) in [6.07, 6.45) is 57.4. The maximum absolute atomic E-state index is 12.6. The van der Waals surface area contributed by atoms with Gasteiger partial charge in [0.05, 0.1) is 26.4 Å². The Morgan fingerprint density at radius 2 is 0.931 bits per heavy atom. The zero-order valence-electron chi connectivity index (χ0n) is 35.7. The summed E-state index contributed by atoms with van der Waals surface area (Å²) in [5, 5.41) is 18.3. The standard InChI is InChI=1S/C48H77O9P/c1-3-5-7-9-11-13-15-17-19-20-21-22-23-24-25-26-27-28-30-32-34-36-38-40-48(51)57-47(45-56-58(52,53)55-43-46(50)42-49)44-54-41-39-37-35-33-31-29-18-16-14-12-10-8-6-4-2/h5-8,11-14,17-19,21-22,24-25,27-29,32,34,46-47,49-50H,3-4,9-10,15-16,20,23,26,30-31,33,35-45H2,1-2H3,(H,52,53)/b7-5-,8-6-,13-11-,14-12-,19-17-,22-21-,25-24-,28-27-,29-18-,34-32-. The number of allylic oxidation sites excluding steroid dienone is 20. The Morgan fingerprint density at radius 3 is 1.38 bits per heavy atom. The molecule has 0 amide bonds. The van der Waals surface area contributed by atoms with Crippen LogP contribution in [0.3, 0.4) is 0 Å². The first kappa shape index (κ1) is 54.9. The number of rotatable bonds is 39. The first-order valence-electron chi connectivity index (χ1n) is 21.5. The molecule has 58 heavy (non-hydrogen) atoms. The van der Waals surface area contributed by atoms with Crippen molar-refractivity contribution in [1.82, 2.24) is 0 Å². The Kier molecular flexibility index (Phi) is 41.1. The lowest BCUT2D eigenvalue weighted by Gasteiger charge is -2.20. The molecule has 0 saturated heterocycles. The van der Waals surface area contributed by atoms with Crippen molar-refractivity contribution in [2.75, 3.05) is 33.0 Å². The lowest BCUT2D eigenvalue weighted by Crippen LogP contribution is -2.29. The first-order chi connectivity index (χ1) is 28.3. The van der Waals surface area contributed by atoms with E-state index in [4.69, 9.17) is 23.6 Å². The Hall–Kier alpha value is -3.14. The second-order valence-electron chi connectivity index (χ2n) is 13.6. The van der Waals surface area contributed by atoms with Crippen LogP contribution < -0.4 is 0 Å². The summed E-state index contributed by atoms with van der Waals surface area (Å²) >= 11 is 0. The van der Waals surface area contributed by atoms with Crippen LogP contribution in [0.2, 0.25) is 0 Å². The quantitative estimate of drug-likeness (QED) is 0.0240. The molecular formula is C48H77O9P. The number of carbonyl (C=O) groups excluding carboxylic acids is 1. The highest BCUT2D eigenvalue weighted by molar-refractivity contribution is 7.47. The van der Waals surface area contributed by atoms with Gasteiger partial charge in [-0.15, -0.1) is 0 Å². The average molecular weight is 829 g/mol. The monoisotopic (exact) mass is 829 g/mol. The van der Waals surface area contributed by atoms with Crippen molar-refractivity contribution in [3.8, 4) is 0 Å². The van der Waals surface area contributed by atoms with Gasteiger partial charge >= 0.3 is 13.8 Å². The van der Waals surface area contributed by atoms with E-state index in [0.717, 1.165) is 96.3 Å². The third-order valence-electron chi connectivity index (χ3n) is 8.14. The molecule has 0 aromatic carbocycles. The van der Waals surface area contributed by atoms with E-state index in [2.05, 4.69) is 129 Å². The molecule has 3 unspecified atom stereocenters. The summed E-state index contributed by atoms with van der Waals surface area (Å²) in [6, 6.07) is 0. The topological polar surface area (TPSA) is 132 Å². The van der Waals surface area contributed by atoms with Gasteiger partial charge in [-0.3, -0.25) is 13.8 Å². The molecule has 0 heterocycles. The van der Waals surface area contributed by atoms with Crippen molar-refractivity contribution < 1.29 is 43.0 Å². The van der Waals surface area contributed by atoms with Gasteiger partial charge in [-0.2, -0.15) is 0 Å². The number of unbranched alkanes of at least 4 members (excludes halogenated alkanes) is 5. The van der Waals surface area contributed by atoms with E-state index in [1.807, 2.05) is 6.08 Å². The minimum absolute atomic E-state index is 0.00135. The molecule has 0 spiro atoms. The van der Waals surface area contributed by atoms with Gasteiger partial charge in [-0.05, 0) is 96.3 Å². The summed E-state index contributed by atoms with van der Waals surface area (Å²) in [5.74, 6) is -0.455. The lowest BCUT2D eigenvalue weighted by molar-refractivity contribution is -0.154. The zero-order chi connectivity index (χ0) is 42.5. The molecule has 0 rings (SSSR count). The van der Waals surface area contributed by atoms with E-state index in [-0.39, 0.29) is 13.0 Å². The summed E-state index contributed by atoms with van der Waals surface area (Å²) < 4.78 is 33.2. The second-order valence-corrected chi connectivity index (χ2v) is 15.0. The van der Waals surface area contributed by atoms with Crippen LogP contribution in [-0.2, 0) is 27.9 Å². The average Bonchev–Trinajstić information content (AvgIpc) is 3.21. The van der Waals surface area contributed by atoms with Crippen molar-refractivity contribution in [1.29, 1.82) is 0 Å². The third kappa shape index (κ3) is 42.5. The molecular weight excluding hydrogens is 751 g/mol. The van der Waals surface area contributed by atoms with E-state index in [1.54, 1.807) is 0 Å². The summed E-state index contributed by atoms with van der Waals surface area (Å²) in [4.78, 5) is 22.6. The molecule has 3 atom stereocenters. The Morgan fingerprint density at radius 1 is 0.534 bits per heavy atom. The molecule has 10 heteroatoms. The molecule has 0 aromatic rings. The molecule has 3 N–H and O–H groups in total. The van der Waals surface area contributed by atoms with Crippen molar-refractivity contribution in [3.05, 3.63) is 122 Å². The fourth-order valence-corrected chi connectivity index (χ4v) is 5.73.